The van der Waals surface area contributed by atoms with Crippen molar-refractivity contribution in [1.82, 2.24) is 9.55 Å². The zero-order chi connectivity index (χ0) is 15.7. The van der Waals surface area contributed by atoms with Gasteiger partial charge in [0.05, 0.1) is 0 Å². The van der Waals surface area contributed by atoms with Crippen LogP contribution in [0.15, 0.2) is 29.6 Å². The Balaban J connectivity index is 2.05. The topological polar surface area (TPSA) is 47.3 Å². The van der Waals surface area contributed by atoms with Gasteiger partial charge in [0.2, 0.25) is 0 Å². The summed E-state index contributed by atoms with van der Waals surface area (Å²) in [6, 6.07) is 8.11. The Labute approximate surface area is 159 Å². The van der Waals surface area contributed by atoms with E-state index < -0.39 is 6.10 Å². The van der Waals surface area contributed by atoms with E-state index in [0.29, 0.717) is 19.2 Å². The van der Waals surface area contributed by atoms with E-state index in [-0.39, 0.29) is 0 Å². The normalized spacial score (nSPS) is 12.9. The van der Waals surface area contributed by atoms with Crippen molar-refractivity contribution in [1.29, 1.82) is 0 Å². The molecule has 0 aliphatic carbocycles. The van der Waals surface area contributed by atoms with Gasteiger partial charge in [0.15, 0.2) is 0 Å². The van der Waals surface area contributed by atoms with Crippen LogP contribution in [0.1, 0.15) is 24.4 Å². The summed E-state index contributed by atoms with van der Waals surface area (Å²) in [7, 11) is 0. The average molecular weight is 540 g/mol. The molecular weight excluding hydrogens is 526 g/mol. The number of benzene rings is 1. The first-order valence-corrected chi connectivity index (χ1v) is 9.80. The van der Waals surface area contributed by atoms with E-state index in [0.717, 1.165) is 18.4 Å². The number of rotatable bonds is 5. The van der Waals surface area contributed by atoms with E-state index in [9.17, 15) is 5.11 Å². The monoisotopic (exact) mass is 540 g/mol. The number of aromatic nitrogens is 2. The molecule has 0 spiro atoms. The molecular formula is C15H14I2N2O2S. The van der Waals surface area contributed by atoms with E-state index in [2.05, 4.69) is 56.2 Å². The van der Waals surface area contributed by atoms with Gasteiger partial charge in [0, 0.05) is 16.9 Å². The summed E-state index contributed by atoms with van der Waals surface area (Å²) in [6.45, 7) is 2.98. The third-order valence-electron chi connectivity index (χ3n) is 3.37. The largest absolute Gasteiger partial charge is 0.380 e. The second-order valence-electron chi connectivity index (χ2n) is 4.69. The number of aliphatic hydroxyl groups excluding tert-OH is 1. The lowest BCUT2D eigenvalue weighted by molar-refractivity contribution is 0.0776. The zero-order valence-corrected chi connectivity index (χ0v) is 16.9. The van der Waals surface area contributed by atoms with E-state index in [1.807, 2.05) is 35.1 Å². The highest BCUT2D eigenvalue weighted by Gasteiger charge is 2.23. The standard InChI is InChI=1S/C15H14I2N2O2S/c1-2-21-8-19-14(17)13(16)18-15(19)12(20)10-7-22-11-6-4-3-5-9(10)11/h3-7,12,20H,2,8H2,1H3/t12-/m0/s1. The number of nitrogens with zero attached hydrogens (tertiary/aromatic N) is 2. The maximum Gasteiger partial charge on any atom is 0.146 e. The molecule has 22 heavy (non-hydrogen) atoms. The maximum absolute atomic E-state index is 10.9. The summed E-state index contributed by atoms with van der Waals surface area (Å²) in [5.74, 6) is 0.630. The second kappa shape index (κ2) is 7.12. The molecule has 7 heteroatoms. The molecule has 1 aromatic carbocycles. The average Bonchev–Trinajstić information content (AvgIpc) is 3.07. The molecule has 116 valence electrons. The lowest BCUT2D eigenvalue weighted by atomic mass is 10.1. The van der Waals surface area contributed by atoms with Crippen molar-refractivity contribution in [2.24, 2.45) is 0 Å². The summed E-state index contributed by atoms with van der Waals surface area (Å²) in [6.07, 6.45) is -0.756. The molecule has 3 aromatic rings. The highest BCUT2D eigenvalue weighted by molar-refractivity contribution is 14.1. The van der Waals surface area contributed by atoms with Crippen molar-refractivity contribution in [2.75, 3.05) is 6.61 Å². The quantitative estimate of drug-likeness (QED) is 0.489. The predicted octanol–water partition coefficient (Wildman–Crippen LogP) is 4.38. The summed E-state index contributed by atoms with van der Waals surface area (Å²) in [5.41, 5.74) is 0.899. The van der Waals surface area contributed by atoms with E-state index in [4.69, 9.17) is 4.74 Å². The molecule has 0 saturated heterocycles. The minimum Gasteiger partial charge on any atom is -0.380 e. The SMILES string of the molecule is CCOCn1c([C@@H](O)c2csc3ccccc23)nc(I)c1I. The van der Waals surface area contributed by atoms with Crippen molar-refractivity contribution >= 4 is 66.6 Å². The van der Waals surface area contributed by atoms with Gasteiger partial charge < -0.3 is 9.84 Å². The first-order valence-electron chi connectivity index (χ1n) is 6.76. The van der Waals surface area contributed by atoms with Crippen LogP contribution in [0, 0.1) is 7.40 Å². The van der Waals surface area contributed by atoms with Gasteiger partial charge in [0.25, 0.3) is 0 Å². The fourth-order valence-corrected chi connectivity index (χ4v) is 4.31. The molecule has 3 rings (SSSR count). The fraction of sp³-hybridized carbons (Fsp3) is 0.267. The van der Waals surface area contributed by atoms with Crippen LogP contribution in [0.4, 0.5) is 0 Å². The number of aliphatic hydroxyl groups is 1. The van der Waals surface area contributed by atoms with Crippen LogP contribution in [0.3, 0.4) is 0 Å². The number of fused-ring (bicyclic) bond motifs is 1. The fourth-order valence-electron chi connectivity index (χ4n) is 2.28. The molecule has 0 unspecified atom stereocenters. The Bertz CT molecular complexity index is 800. The Hall–Kier alpha value is -0.230. The van der Waals surface area contributed by atoms with Gasteiger partial charge in [-0.1, -0.05) is 18.2 Å². The molecule has 2 heterocycles. The van der Waals surface area contributed by atoms with E-state index >= 15 is 0 Å². The van der Waals surface area contributed by atoms with Crippen molar-refractivity contribution in [3.63, 3.8) is 0 Å². The molecule has 0 bridgehead atoms. The lowest BCUT2D eigenvalue weighted by Crippen LogP contribution is -2.13. The second-order valence-corrected chi connectivity index (χ2v) is 7.65. The maximum atomic E-state index is 10.9. The van der Waals surface area contributed by atoms with Gasteiger partial charge in [0.1, 0.15) is 26.1 Å². The molecule has 0 aliphatic rings. The molecule has 0 fully saturated rings. The van der Waals surface area contributed by atoms with Crippen LogP contribution in [0.5, 0.6) is 0 Å². The number of thiophene rings is 1. The summed E-state index contributed by atoms with van der Waals surface area (Å²) in [5, 5.41) is 13.9. The molecule has 2 aromatic heterocycles. The molecule has 0 saturated carbocycles. The number of ether oxygens (including phenoxy) is 1. The third-order valence-corrected chi connectivity index (χ3v) is 7.23. The number of halogens is 2. The van der Waals surface area contributed by atoms with Crippen molar-refractivity contribution in [3.05, 3.63) is 48.4 Å². The highest BCUT2D eigenvalue weighted by Crippen LogP contribution is 2.34. The van der Waals surface area contributed by atoms with Gasteiger partial charge in [-0.25, -0.2) is 4.98 Å². The Kier molecular flexibility index (Phi) is 5.38. The van der Waals surface area contributed by atoms with E-state index in [1.54, 1.807) is 11.3 Å². The lowest BCUT2D eigenvalue weighted by Gasteiger charge is -2.13. The molecule has 1 atom stereocenters. The first-order chi connectivity index (χ1) is 10.6. The van der Waals surface area contributed by atoms with Crippen LogP contribution < -0.4 is 0 Å². The zero-order valence-electron chi connectivity index (χ0n) is 11.8. The minimum atomic E-state index is -0.756. The van der Waals surface area contributed by atoms with Gasteiger partial charge in [-0.3, -0.25) is 4.57 Å². The summed E-state index contributed by atoms with van der Waals surface area (Å²) in [4.78, 5) is 4.54. The first kappa shape index (κ1) is 16.6. The number of imidazole rings is 1. The predicted molar refractivity (Wildman–Crippen MR) is 105 cm³/mol. The van der Waals surface area contributed by atoms with Gasteiger partial charge in [-0.2, -0.15) is 0 Å². The summed E-state index contributed by atoms with van der Waals surface area (Å²) < 4.78 is 10.5. The Morgan fingerprint density at radius 2 is 2.14 bits per heavy atom. The Morgan fingerprint density at radius 3 is 2.91 bits per heavy atom. The third kappa shape index (κ3) is 3.05. The molecule has 4 nitrogen and oxygen atoms in total. The molecule has 0 amide bonds. The van der Waals surface area contributed by atoms with Gasteiger partial charge in [-0.05, 0) is 68.9 Å². The van der Waals surface area contributed by atoms with Gasteiger partial charge >= 0.3 is 0 Å². The van der Waals surface area contributed by atoms with E-state index in [1.165, 1.54) is 4.70 Å². The van der Waals surface area contributed by atoms with Crippen LogP contribution >= 0.6 is 56.5 Å². The van der Waals surface area contributed by atoms with Crippen molar-refractivity contribution < 1.29 is 9.84 Å². The van der Waals surface area contributed by atoms with Crippen LogP contribution in [0.25, 0.3) is 10.1 Å². The molecule has 0 aliphatic heterocycles. The smallest absolute Gasteiger partial charge is 0.146 e. The van der Waals surface area contributed by atoms with Crippen molar-refractivity contribution in [2.45, 2.75) is 19.8 Å². The molecule has 0 radical (unpaired) electrons. The van der Waals surface area contributed by atoms with Crippen LogP contribution in [-0.4, -0.2) is 21.3 Å². The highest BCUT2D eigenvalue weighted by atomic mass is 127. The van der Waals surface area contributed by atoms with Crippen LogP contribution in [-0.2, 0) is 11.5 Å². The van der Waals surface area contributed by atoms with Crippen molar-refractivity contribution in [3.8, 4) is 0 Å². The summed E-state index contributed by atoms with van der Waals surface area (Å²) >= 11 is 6.07. The van der Waals surface area contributed by atoms with Crippen LogP contribution in [0.2, 0.25) is 0 Å². The molecule has 1 N–H and O–H groups in total. The number of hydrogen-bond donors (Lipinski definition) is 1. The minimum absolute atomic E-state index is 0.402. The number of hydrogen-bond acceptors (Lipinski definition) is 4. The van der Waals surface area contributed by atoms with Gasteiger partial charge in [-0.15, -0.1) is 11.3 Å². The Morgan fingerprint density at radius 1 is 1.36 bits per heavy atom.